The van der Waals surface area contributed by atoms with Gasteiger partial charge in [0.05, 0.1) is 13.2 Å². The molecule has 3 heterocycles. The molecule has 0 aromatic carbocycles. The molecular weight excluding hydrogens is 282 g/mol. The Balaban J connectivity index is 1.82. The number of rotatable bonds is 4. The SMILES string of the molecule is CCCOc1nc(Cl)nc(N2CCn3cnnc3C2)n1. The highest BCUT2D eigenvalue weighted by Gasteiger charge is 2.21. The van der Waals surface area contributed by atoms with Crippen LogP contribution < -0.4 is 9.64 Å². The fourth-order valence-electron chi connectivity index (χ4n) is 1.96. The molecule has 0 atom stereocenters. The normalized spacial score (nSPS) is 14.2. The number of hydrogen-bond acceptors (Lipinski definition) is 7. The Morgan fingerprint density at radius 1 is 1.30 bits per heavy atom. The third-order valence-electron chi connectivity index (χ3n) is 2.93. The lowest BCUT2D eigenvalue weighted by atomic mass is 10.4. The molecule has 1 aliphatic heterocycles. The van der Waals surface area contributed by atoms with E-state index >= 15 is 0 Å². The van der Waals surface area contributed by atoms with E-state index in [0.29, 0.717) is 19.1 Å². The Hall–Kier alpha value is -1.96. The summed E-state index contributed by atoms with van der Waals surface area (Å²) in [4.78, 5) is 14.4. The first-order chi connectivity index (χ1) is 9.76. The average molecular weight is 296 g/mol. The van der Waals surface area contributed by atoms with Gasteiger partial charge in [0, 0.05) is 13.1 Å². The molecule has 0 spiro atoms. The van der Waals surface area contributed by atoms with E-state index in [-0.39, 0.29) is 11.3 Å². The second-order valence-corrected chi connectivity index (χ2v) is 4.74. The molecule has 8 nitrogen and oxygen atoms in total. The smallest absolute Gasteiger partial charge is 0.322 e. The summed E-state index contributed by atoms with van der Waals surface area (Å²) in [5.41, 5.74) is 0. The molecule has 9 heteroatoms. The Morgan fingerprint density at radius 2 is 2.20 bits per heavy atom. The fraction of sp³-hybridized carbons (Fsp3) is 0.545. The van der Waals surface area contributed by atoms with Gasteiger partial charge in [-0.2, -0.15) is 15.0 Å². The van der Waals surface area contributed by atoms with E-state index in [0.717, 1.165) is 25.3 Å². The van der Waals surface area contributed by atoms with E-state index in [1.54, 1.807) is 6.33 Å². The van der Waals surface area contributed by atoms with Crippen LogP contribution in [0.4, 0.5) is 5.95 Å². The van der Waals surface area contributed by atoms with Crippen LogP contribution in [0.2, 0.25) is 5.28 Å². The molecule has 0 saturated carbocycles. The highest BCUT2D eigenvalue weighted by molar-refractivity contribution is 6.28. The van der Waals surface area contributed by atoms with Gasteiger partial charge in [-0.05, 0) is 18.0 Å². The summed E-state index contributed by atoms with van der Waals surface area (Å²) < 4.78 is 7.42. The molecule has 0 radical (unpaired) electrons. The molecule has 0 saturated heterocycles. The van der Waals surface area contributed by atoms with E-state index < -0.39 is 0 Å². The molecule has 0 amide bonds. The van der Waals surface area contributed by atoms with Crippen molar-refractivity contribution in [2.24, 2.45) is 0 Å². The van der Waals surface area contributed by atoms with Gasteiger partial charge in [-0.1, -0.05) is 6.92 Å². The van der Waals surface area contributed by atoms with Crippen LogP contribution in [0.5, 0.6) is 6.01 Å². The summed E-state index contributed by atoms with van der Waals surface area (Å²) in [5, 5.41) is 8.09. The minimum Gasteiger partial charge on any atom is -0.463 e. The van der Waals surface area contributed by atoms with E-state index in [4.69, 9.17) is 16.3 Å². The quantitative estimate of drug-likeness (QED) is 0.829. The Bertz CT molecular complexity index is 602. The predicted octanol–water partition coefficient (Wildman–Crippen LogP) is 0.925. The largest absolute Gasteiger partial charge is 0.463 e. The molecule has 20 heavy (non-hydrogen) atoms. The van der Waals surface area contributed by atoms with Gasteiger partial charge in [0.2, 0.25) is 11.2 Å². The van der Waals surface area contributed by atoms with E-state index in [2.05, 4.69) is 25.1 Å². The minimum atomic E-state index is 0.133. The maximum atomic E-state index is 5.93. The van der Waals surface area contributed by atoms with Crippen LogP contribution in [-0.4, -0.2) is 42.9 Å². The zero-order chi connectivity index (χ0) is 13.9. The van der Waals surface area contributed by atoms with Gasteiger partial charge in [0.15, 0.2) is 5.82 Å². The third-order valence-corrected chi connectivity index (χ3v) is 3.10. The number of nitrogens with zero attached hydrogens (tertiary/aromatic N) is 7. The number of ether oxygens (including phenoxy) is 1. The van der Waals surface area contributed by atoms with E-state index in [1.807, 2.05) is 16.4 Å². The number of halogens is 1. The zero-order valence-electron chi connectivity index (χ0n) is 11.0. The van der Waals surface area contributed by atoms with Crippen LogP contribution in [0.15, 0.2) is 6.33 Å². The second-order valence-electron chi connectivity index (χ2n) is 4.40. The number of hydrogen-bond donors (Lipinski definition) is 0. The lowest BCUT2D eigenvalue weighted by molar-refractivity contribution is 0.291. The Morgan fingerprint density at radius 3 is 3.05 bits per heavy atom. The molecule has 0 bridgehead atoms. The topological polar surface area (TPSA) is 81.9 Å². The molecule has 0 fully saturated rings. The van der Waals surface area contributed by atoms with Crippen molar-refractivity contribution in [3.8, 4) is 6.01 Å². The molecule has 0 aliphatic carbocycles. The first kappa shape index (κ1) is 13.0. The standard InChI is InChI=1S/C11H14ClN7O/c1-2-5-20-11-15-9(12)14-10(16-11)18-3-4-19-7-13-17-8(19)6-18/h7H,2-6H2,1H3. The fourth-order valence-corrected chi connectivity index (χ4v) is 2.11. The molecular formula is C11H14ClN7O. The number of fused-ring (bicyclic) bond motifs is 1. The third kappa shape index (κ3) is 2.64. The van der Waals surface area contributed by atoms with Gasteiger partial charge in [-0.3, -0.25) is 0 Å². The van der Waals surface area contributed by atoms with Crippen LogP contribution in [-0.2, 0) is 13.1 Å². The van der Waals surface area contributed by atoms with Crippen molar-refractivity contribution in [2.45, 2.75) is 26.4 Å². The van der Waals surface area contributed by atoms with Crippen LogP contribution in [0.1, 0.15) is 19.2 Å². The Kier molecular flexibility index (Phi) is 3.64. The lowest BCUT2D eigenvalue weighted by Crippen LogP contribution is -2.35. The molecule has 2 aromatic rings. The van der Waals surface area contributed by atoms with Gasteiger partial charge < -0.3 is 14.2 Å². The molecule has 0 unspecified atom stereocenters. The Labute approximate surface area is 120 Å². The van der Waals surface area contributed by atoms with Crippen molar-refractivity contribution in [3.05, 3.63) is 17.4 Å². The van der Waals surface area contributed by atoms with Crippen molar-refractivity contribution in [3.63, 3.8) is 0 Å². The van der Waals surface area contributed by atoms with Gasteiger partial charge in [0.25, 0.3) is 0 Å². The van der Waals surface area contributed by atoms with E-state index in [9.17, 15) is 0 Å². The van der Waals surface area contributed by atoms with Crippen molar-refractivity contribution >= 4 is 17.5 Å². The first-order valence-electron chi connectivity index (χ1n) is 6.42. The maximum Gasteiger partial charge on any atom is 0.322 e. The summed E-state index contributed by atoms with van der Waals surface area (Å²) in [7, 11) is 0. The molecule has 106 valence electrons. The van der Waals surface area contributed by atoms with Crippen LogP contribution >= 0.6 is 11.6 Å². The summed E-state index contributed by atoms with van der Waals surface area (Å²) in [6.45, 7) is 4.71. The van der Waals surface area contributed by atoms with Gasteiger partial charge in [-0.15, -0.1) is 10.2 Å². The summed E-state index contributed by atoms with van der Waals surface area (Å²) in [6, 6.07) is 0.258. The van der Waals surface area contributed by atoms with Gasteiger partial charge in [0.1, 0.15) is 6.33 Å². The first-order valence-corrected chi connectivity index (χ1v) is 6.80. The highest BCUT2D eigenvalue weighted by atomic mass is 35.5. The second kappa shape index (κ2) is 5.58. The maximum absolute atomic E-state index is 5.93. The monoisotopic (exact) mass is 295 g/mol. The summed E-state index contributed by atoms with van der Waals surface area (Å²) in [5.74, 6) is 1.38. The zero-order valence-corrected chi connectivity index (χ0v) is 11.8. The summed E-state index contributed by atoms with van der Waals surface area (Å²) in [6.07, 6.45) is 2.61. The molecule has 0 N–H and O–H groups in total. The van der Waals surface area contributed by atoms with Gasteiger partial charge >= 0.3 is 6.01 Å². The van der Waals surface area contributed by atoms with Crippen molar-refractivity contribution in [1.29, 1.82) is 0 Å². The average Bonchev–Trinajstić information content (AvgIpc) is 2.92. The lowest BCUT2D eigenvalue weighted by Gasteiger charge is -2.26. The van der Waals surface area contributed by atoms with Crippen LogP contribution in [0, 0.1) is 0 Å². The number of aromatic nitrogens is 6. The molecule has 3 rings (SSSR count). The molecule has 1 aliphatic rings. The van der Waals surface area contributed by atoms with Crippen molar-refractivity contribution < 1.29 is 4.74 Å². The number of anilines is 1. The summed E-state index contributed by atoms with van der Waals surface area (Å²) >= 11 is 5.93. The van der Waals surface area contributed by atoms with Crippen molar-refractivity contribution in [2.75, 3.05) is 18.1 Å². The van der Waals surface area contributed by atoms with Crippen LogP contribution in [0.25, 0.3) is 0 Å². The minimum absolute atomic E-state index is 0.133. The van der Waals surface area contributed by atoms with Crippen molar-refractivity contribution in [1.82, 2.24) is 29.7 Å². The predicted molar refractivity (Wildman–Crippen MR) is 71.7 cm³/mol. The van der Waals surface area contributed by atoms with Gasteiger partial charge in [-0.25, -0.2) is 0 Å². The van der Waals surface area contributed by atoms with E-state index in [1.165, 1.54) is 0 Å². The highest BCUT2D eigenvalue weighted by Crippen LogP contribution is 2.19. The van der Waals surface area contributed by atoms with Crippen LogP contribution in [0.3, 0.4) is 0 Å². The molecule has 2 aromatic heterocycles.